The van der Waals surface area contributed by atoms with Gasteiger partial charge in [0.05, 0.1) is 0 Å². The van der Waals surface area contributed by atoms with Gasteiger partial charge in [0.25, 0.3) is 5.91 Å². The van der Waals surface area contributed by atoms with E-state index in [-0.39, 0.29) is 5.91 Å². The van der Waals surface area contributed by atoms with E-state index < -0.39 is 0 Å². The van der Waals surface area contributed by atoms with Gasteiger partial charge in [-0.2, -0.15) is 0 Å². The third-order valence-corrected chi connectivity index (χ3v) is 6.69. The van der Waals surface area contributed by atoms with Crippen molar-refractivity contribution in [2.45, 2.75) is 19.5 Å². The average molecular weight is 440 g/mol. The van der Waals surface area contributed by atoms with Crippen molar-refractivity contribution in [2.24, 2.45) is 0 Å². The van der Waals surface area contributed by atoms with Crippen molar-refractivity contribution >= 4 is 34.9 Å². The van der Waals surface area contributed by atoms with Crippen LogP contribution in [0.4, 0.5) is 0 Å². The summed E-state index contributed by atoms with van der Waals surface area (Å²) < 4.78 is 0. The Hall–Kier alpha value is -4.17. The van der Waals surface area contributed by atoms with Gasteiger partial charge in [-0.1, -0.05) is 91.0 Å². The Morgan fingerprint density at radius 3 is 2.18 bits per heavy atom. The van der Waals surface area contributed by atoms with Crippen LogP contribution >= 0.6 is 0 Å². The first kappa shape index (κ1) is 20.4. The predicted molar refractivity (Wildman–Crippen MR) is 140 cm³/mol. The standard InChI is InChI=1S/C32H25NO/c34-32(33(21-23-9-3-1-4-10-23)22-24-11-5-2-6-12-24)29-18-27-17-26-16-15-25-13-7-8-14-30(25)31(26)20-28(27)19-29/h1-13,15-20H,14,21-22H2. The van der Waals surface area contributed by atoms with E-state index in [2.05, 4.69) is 72.8 Å². The minimum Gasteiger partial charge on any atom is -0.330 e. The van der Waals surface area contributed by atoms with E-state index in [4.69, 9.17) is 0 Å². The molecule has 2 heteroatoms. The van der Waals surface area contributed by atoms with E-state index in [0.717, 1.165) is 33.9 Å². The maximum atomic E-state index is 13.8. The number of nitrogens with zero attached hydrogens (tertiary/aromatic N) is 1. The highest BCUT2D eigenvalue weighted by molar-refractivity contribution is 6.08. The molecule has 0 saturated carbocycles. The van der Waals surface area contributed by atoms with Crippen molar-refractivity contribution in [1.82, 2.24) is 4.90 Å². The molecule has 2 nitrogen and oxygen atoms in total. The predicted octanol–water partition coefficient (Wildman–Crippen LogP) is 5.14. The van der Waals surface area contributed by atoms with E-state index in [1.54, 1.807) is 0 Å². The molecule has 0 aliphatic heterocycles. The summed E-state index contributed by atoms with van der Waals surface area (Å²) in [6.07, 6.45) is 11.6. The molecule has 2 aliphatic rings. The van der Waals surface area contributed by atoms with Gasteiger partial charge in [-0.3, -0.25) is 4.79 Å². The van der Waals surface area contributed by atoms with Gasteiger partial charge in [-0.25, -0.2) is 0 Å². The largest absolute Gasteiger partial charge is 0.330 e. The normalized spacial score (nSPS) is 13.5. The first-order chi connectivity index (χ1) is 16.7. The number of rotatable bonds is 5. The summed E-state index contributed by atoms with van der Waals surface area (Å²) in [5.74, 6) is 0.0613. The molecule has 0 fully saturated rings. The van der Waals surface area contributed by atoms with Gasteiger partial charge in [0.15, 0.2) is 0 Å². The maximum absolute atomic E-state index is 13.8. The van der Waals surface area contributed by atoms with Crippen LogP contribution in [0.2, 0.25) is 0 Å². The third-order valence-electron chi connectivity index (χ3n) is 6.69. The molecule has 0 aromatic heterocycles. The van der Waals surface area contributed by atoms with Crippen LogP contribution in [0.1, 0.15) is 22.3 Å². The van der Waals surface area contributed by atoms with Crippen LogP contribution in [-0.4, -0.2) is 10.8 Å². The minimum atomic E-state index is 0.0613. The maximum Gasteiger partial charge on any atom is 0.254 e. The van der Waals surface area contributed by atoms with Crippen molar-refractivity contribution in [3.8, 4) is 0 Å². The zero-order chi connectivity index (χ0) is 22.9. The van der Waals surface area contributed by atoms with E-state index in [9.17, 15) is 4.79 Å². The molecular weight excluding hydrogens is 414 g/mol. The number of fused-ring (bicyclic) bond motifs is 4. The number of allylic oxidation sites excluding steroid dienone is 2. The Labute approximate surface area is 199 Å². The number of hydrogen-bond acceptors (Lipinski definition) is 1. The molecule has 34 heavy (non-hydrogen) atoms. The Bertz CT molecular complexity index is 1540. The summed E-state index contributed by atoms with van der Waals surface area (Å²) in [5, 5.41) is 4.91. The minimum absolute atomic E-state index is 0.0613. The third kappa shape index (κ3) is 3.88. The lowest BCUT2D eigenvalue weighted by Crippen LogP contribution is -2.30. The van der Waals surface area contributed by atoms with Gasteiger partial charge < -0.3 is 4.90 Å². The van der Waals surface area contributed by atoms with Gasteiger partial charge in [-0.05, 0) is 74.2 Å². The summed E-state index contributed by atoms with van der Waals surface area (Å²) in [7, 11) is 0. The molecule has 1 amide bonds. The smallest absolute Gasteiger partial charge is 0.254 e. The van der Waals surface area contributed by atoms with Crippen LogP contribution in [0.3, 0.4) is 0 Å². The molecule has 0 atom stereocenters. The molecule has 0 heterocycles. The Balaban J connectivity index is 1.36. The molecule has 0 bridgehead atoms. The van der Waals surface area contributed by atoms with Crippen LogP contribution in [0, 0.1) is 0 Å². The lowest BCUT2D eigenvalue weighted by atomic mass is 9.95. The van der Waals surface area contributed by atoms with Gasteiger partial charge in [-0.15, -0.1) is 0 Å². The highest BCUT2D eigenvalue weighted by Gasteiger charge is 2.21. The molecule has 2 aliphatic carbocycles. The SMILES string of the molecule is O=C(C1=Cc2cc3c4c(ccc3cc2=C1)=CC=CC4)N(Cc1ccccc1)Cc1ccccc1. The summed E-state index contributed by atoms with van der Waals surface area (Å²) in [5.41, 5.74) is 5.50. The van der Waals surface area contributed by atoms with Gasteiger partial charge in [0.1, 0.15) is 0 Å². The van der Waals surface area contributed by atoms with Crippen LogP contribution in [0.5, 0.6) is 0 Å². The number of amides is 1. The summed E-state index contributed by atoms with van der Waals surface area (Å²) >= 11 is 0. The second-order valence-corrected chi connectivity index (χ2v) is 9.01. The van der Waals surface area contributed by atoms with Gasteiger partial charge in [0, 0.05) is 18.7 Å². The molecule has 4 aromatic rings. The average Bonchev–Trinajstić information content (AvgIpc) is 3.31. The molecular formula is C32H25NO. The molecule has 0 spiro atoms. The Kier molecular flexibility index (Phi) is 5.20. The summed E-state index contributed by atoms with van der Waals surface area (Å²) in [6.45, 7) is 1.15. The molecule has 0 unspecified atom stereocenters. The van der Waals surface area contributed by atoms with E-state index in [1.807, 2.05) is 47.4 Å². The van der Waals surface area contributed by atoms with Crippen molar-refractivity contribution in [1.29, 1.82) is 0 Å². The van der Waals surface area contributed by atoms with Crippen LogP contribution < -0.4 is 10.4 Å². The fourth-order valence-corrected chi connectivity index (χ4v) is 4.97. The number of carbonyl (C=O) groups is 1. The first-order valence-electron chi connectivity index (χ1n) is 11.8. The van der Waals surface area contributed by atoms with Crippen molar-refractivity contribution < 1.29 is 4.79 Å². The topological polar surface area (TPSA) is 20.3 Å². The number of carbonyl (C=O) groups excluding carboxylic acids is 1. The molecule has 6 rings (SSSR count). The van der Waals surface area contributed by atoms with Crippen molar-refractivity contribution in [3.63, 3.8) is 0 Å². The zero-order valence-electron chi connectivity index (χ0n) is 18.9. The number of benzene rings is 4. The first-order valence-corrected chi connectivity index (χ1v) is 11.8. The Morgan fingerprint density at radius 1 is 0.765 bits per heavy atom. The summed E-state index contributed by atoms with van der Waals surface area (Å²) in [6, 6.07) is 29.3. The second kappa shape index (κ2) is 8.64. The highest BCUT2D eigenvalue weighted by atomic mass is 16.2. The van der Waals surface area contributed by atoms with E-state index in [0.29, 0.717) is 13.1 Å². The van der Waals surface area contributed by atoms with Crippen LogP contribution in [0.25, 0.3) is 29.0 Å². The van der Waals surface area contributed by atoms with E-state index in [1.165, 1.54) is 21.6 Å². The highest BCUT2D eigenvalue weighted by Crippen LogP contribution is 2.23. The van der Waals surface area contributed by atoms with Crippen LogP contribution in [-0.2, 0) is 24.3 Å². The fraction of sp³-hybridized carbons (Fsp3) is 0.0938. The second-order valence-electron chi connectivity index (χ2n) is 9.01. The molecule has 0 saturated heterocycles. The molecule has 0 radical (unpaired) electrons. The molecule has 4 aromatic carbocycles. The van der Waals surface area contributed by atoms with Gasteiger partial charge in [0.2, 0.25) is 0 Å². The quantitative estimate of drug-likeness (QED) is 0.422. The summed E-state index contributed by atoms with van der Waals surface area (Å²) in [4.78, 5) is 15.7. The van der Waals surface area contributed by atoms with Crippen LogP contribution in [0.15, 0.2) is 103 Å². The monoisotopic (exact) mass is 439 g/mol. The zero-order valence-corrected chi connectivity index (χ0v) is 18.9. The van der Waals surface area contributed by atoms with Crippen molar-refractivity contribution in [2.75, 3.05) is 0 Å². The van der Waals surface area contributed by atoms with Gasteiger partial charge >= 0.3 is 0 Å². The van der Waals surface area contributed by atoms with Crippen molar-refractivity contribution in [3.05, 3.63) is 135 Å². The molecule has 0 N–H and O–H groups in total. The number of hydrogen-bond donors (Lipinski definition) is 0. The Morgan fingerprint density at radius 2 is 1.47 bits per heavy atom. The van der Waals surface area contributed by atoms with E-state index >= 15 is 0 Å². The lowest BCUT2D eigenvalue weighted by molar-refractivity contribution is -0.127. The molecule has 164 valence electrons. The fourth-order valence-electron chi connectivity index (χ4n) is 4.97. The lowest BCUT2D eigenvalue weighted by Gasteiger charge is -2.23.